The molecule has 0 saturated carbocycles. The van der Waals surface area contributed by atoms with Gasteiger partial charge in [-0.15, -0.1) is 0 Å². The third-order valence-electron chi connectivity index (χ3n) is 4.06. The number of sulfonamides is 1. The Morgan fingerprint density at radius 2 is 1.67 bits per heavy atom. The van der Waals surface area contributed by atoms with E-state index in [9.17, 15) is 17.2 Å². The highest BCUT2D eigenvalue weighted by Crippen LogP contribution is 2.27. The van der Waals surface area contributed by atoms with E-state index in [1.54, 1.807) is 28.9 Å². The molecule has 0 atom stereocenters. The van der Waals surface area contributed by atoms with Crippen molar-refractivity contribution < 1.29 is 17.2 Å². The lowest BCUT2D eigenvalue weighted by Crippen LogP contribution is -2.24. The first-order valence-corrected chi connectivity index (χ1v) is 9.85. The average molecular weight is 391 g/mol. The van der Waals surface area contributed by atoms with Crippen molar-refractivity contribution in [3.63, 3.8) is 0 Å². The molecule has 5 nitrogen and oxygen atoms in total. The number of hydrogen-bond donors (Lipinski definition) is 1. The van der Waals surface area contributed by atoms with Crippen LogP contribution in [0.15, 0.2) is 59.6 Å². The molecule has 0 unspecified atom stereocenters. The smallest absolute Gasteiger partial charge is 0.244 e. The largest absolute Gasteiger partial charge is 0.268 e. The van der Waals surface area contributed by atoms with E-state index in [0.717, 1.165) is 12.1 Å². The van der Waals surface area contributed by atoms with Crippen LogP contribution >= 0.6 is 0 Å². The number of halogens is 2. The van der Waals surface area contributed by atoms with Crippen LogP contribution in [-0.4, -0.2) is 18.2 Å². The maximum absolute atomic E-state index is 13.8. The minimum atomic E-state index is -4.05. The zero-order valence-corrected chi connectivity index (χ0v) is 15.7. The quantitative estimate of drug-likeness (QED) is 0.693. The SMILES string of the molecule is CC(C)n1cc(S(=O)(=O)NCc2c(F)cccc2F)c(-c2ccccc2)n1. The fourth-order valence-electron chi connectivity index (χ4n) is 2.58. The van der Waals surface area contributed by atoms with E-state index in [-0.39, 0.29) is 22.2 Å². The molecule has 0 aliphatic carbocycles. The number of nitrogens with zero attached hydrogens (tertiary/aromatic N) is 2. The Hall–Kier alpha value is -2.58. The second kappa shape index (κ2) is 7.58. The Morgan fingerprint density at radius 1 is 1.04 bits per heavy atom. The summed E-state index contributed by atoms with van der Waals surface area (Å²) in [6.07, 6.45) is 1.42. The van der Waals surface area contributed by atoms with Gasteiger partial charge in [0, 0.05) is 29.9 Å². The van der Waals surface area contributed by atoms with Gasteiger partial charge in [-0.2, -0.15) is 5.10 Å². The van der Waals surface area contributed by atoms with Crippen LogP contribution in [0.5, 0.6) is 0 Å². The van der Waals surface area contributed by atoms with E-state index in [1.807, 2.05) is 19.9 Å². The van der Waals surface area contributed by atoms with Gasteiger partial charge in [-0.1, -0.05) is 36.4 Å². The summed E-state index contributed by atoms with van der Waals surface area (Å²) in [6.45, 7) is 3.25. The van der Waals surface area contributed by atoms with Gasteiger partial charge in [-0.05, 0) is 26.0 Å². The fourth-order valence-corrected chi connectivity index (χ4v) is 3.73. The molecule has 27 heavy (non-hydrogen) atoms. The average Bonchev–Trinajstić information content (AvgIpc) is 3.09. The molecule has 0 bridgehead atoms. The van der Waals surface area contributed by atoms with Gasteiger partial charge >= 0.3 is 0 Å². The number of nitrogens with one attached hydrogen (secondary N) is 1. The minimum absolute atomic E-state index is 0.0425. The molecule has 0 aliphatic rings. The molecule has 1 aromatic heterocycles. The van der Waals surface area contributed by atoms with Crippen LogP contribution in [-0.2, 0) is 16.6 Å². The highest BCUT2D eigenvalue weighted by molar-refractivity contribution is 7.89. The number of rotatable bonds is 6. The zero-order valence-electron chi connectivity index (χ0n) is 14.9. The first kappa shape index (κ1) is 19.2. The van der Waals surface area contributed by atoms with Gasteiger partial charge in [0.05, 0.1) is 0 Å². The standard InChI is InChI=1S/C19H19F2N3O2S/c1-13(2)24-12-18(19(23-24)14-7-4-3-5-8-14)27(25,26)22-11-15-16(20)9-6-10-17(15)21/h3-10,12-13,22H,11H2,1-2H3. The molecule has 0 amide bonds. The molecule has 0 radical (unpaired) electrons. The predicted molar refractivity (Wildman–Crippen MR) is 98.4 cm³/mol. The Balaban J connectivity index is 1.99. The summed E-state index contributed by atoms with van der Waals surface area (Å²) >= 11 is 0. The van der Waals surface area contributed by atoms with E-state index < -0.39 is 28.2 Å². The Morgan fingerprint density at radius 3 is 2.26 bits per heavy atom. The lowest BCUT2D eigenvalue weighted by Gasteiger charge is -2.08. The maximum Gasteiger partial charge on any atom is 0.244 e. The van der Waals surface area contributed by atoms with Gasteiger partial charge < -0.3 is 0 Å². The Kier molecular flexibility index (Phi) is 5.38. The van der Waals surface area contributed by atoms with Gasteiger partial charge in [-0.25, -0.2) is 21.9 Å². The molecular weight excluding hydrogens is 372 g/mol. The first-order chi connectivity index (χ1) is 12.8. The molecule has 1 N–H and O–H groups in total. The van der Waals surface area contributed by atoms with E-state index in [4.69, 9.17) is 0 Å². The molecule has 142 valence electrons. The molecule has 1 heterocycles. The second-order valence-corrected chi connectivity index (χ2v) is 8.04. The van der Waals surface area contributed by atoms with Crippen molar-refractivity contribution in [2.45, 2.75) is 31.3 Å². The molecule has 0 fully saturated rings. The monoisotopic (exact) mass is 391 g/mol. The predicted octanol–water partition coefficient (Wildman–Crippen LogP) is 3.89. The van der Waals surface area contributed by atoms with Crippen LogP contribution in [0.25, 0.3) is 11.3 Å². The van der Waals surface area contributed by atoms with Crippen LogP contribution < -0.4 is 4.72 Å². The number of hydrogen-bond acceptors (Lipinski definition) is 3. The molecule has 0 aliphatic heterocycles. The third-order valence-corrected chi connectivity index (χ3v) is 5.47. The Labute approximate surface area is 156 Å². The van der Waals surface area contributed by atoms with Crippen molar-refractivity contribution >= 4 is 10.0 Å². The van der Waals surface area contributed by atoms with E-state index in [1.165, 1.54) is 12.3 Å². The highest BCUT2D eigenvalue weighted by atomic mass is 32.2. The summed E-state index contributed by atoms with van der Waals surface area (Å²) in [5, 5.41) is 4.39. The molecule has 3 rings (SSSR count). The molecule has 3 aromatic rings. The summed E-state index contributed by atoms with van der Waals surface area (Å²) in [5.41, 5.74) is 0.582. The van der Waals surface area contributed by atoms with Crippen molar-refractivity contribution in [3.8, 4) is 11.3 Å². The van der Waals surface area contributed by atoms with Crippen molar-refractivity contribution in [1.29, 1.82) is 0 Å². The van der Waals surface area contributed by atoms with Crippen molar-refractivity contribution in [3.05, 3.63) is 71.9 Å². The van der Waals surface area contributed by atoms with Gasteiger partial charge in [0.25, 0.3) is 0 Å². The summed E-state index contributed by atoms with van der Waals surface area (Å²) in [5.74, 6) is -1.61. The number of benzene rings is 2. The first-order valence-electron chi connectivity index (χ1n) is 8.36. The molecule has 0 spiro atoms. The summed E-state index contributed by atoms with van der Waals surface area (Å²) in [4.78, 5) is -0.0425. The van der Waals surface area contributed by atoms with E-state index in [0.29, 0.717) is 5.56 Å². The maximum atomic E-state index is 13.8. The van der Waals surface area contributed by atoms with Crippen molar-refractivity contribution in [2.24, 2.45) is 0 Å². The van der Waals surface area contributed by atoms with Gasteiger partial charge in [0.1, 0.15) is 22.2 Å². The molecular formula is C19H19F2N3O2S. The normalized spacial score (nSPS) is 11.9. The van der Waals surface area contributed by atoms with E-state index >= 15 is 0 Å². The third kappa shape index (κ3) is 4.06. The topological polar surface area (TPSA) is 64.0 Å². The van der Waals surface area contributed by atoms with Crippen LogP contribution in [0.3, 0.4) is 0 Å². The highest BCUT2D eigenvalue weighted by Gasteiger charge is 2.25. The van der Waals surface area contributed by atoms with Gasteiger partial charge in [-0.3, -0.25) is 4.68 Å². The number of aromatic nitrogens is 2. The fraction of sp³-hybridized carbons (Fsp3) is 0.211. The van der Waals surface area contributed by atoms with Crippen LogP contribution in [0.1, 0.15) is 25.5 Å². The zero-order chi connectivity index (χ0) is 19.6. The van der Waals surface area contributed by atoms with E-state index in [2.05, 4.69) is 9.82 Å². The van der Waals surface area contributed by atoms with Crippen LogP contribution in [0, 0.1) is 11.6 Å². The van der Waals surface area contributed by atoms with Crippen LogP contribution in [0.2, 0.25) is 0 Å². The van der Waals surface area contributed by atoms with Gasteiger partial charge in [0.2, 0.25) is 10.0 Å². The van der Waals surface area contributed by atoms with Crippen molar-refractivity contribution in [2.75, 3.05) is 0 Å². The molecule has 8 heteroatoms. The second-order valence-electron chi connectivity index (χ2n) is 6.31. The lowest BCUT2D eigenvalue weighted by molar-refractivity contribution is 0.531. The summed E-state index contributed by atoms with van der Waals surface area (Å²) in [6, 6.07) is 12.2. The van der Waals surface area contributed by atoms with Crippen LogP contribution in [0.4, 0.5) is 8.78 Å². The molecule has 2 aromatic carbocycles. The van der Waals surface area contributed by atoms with Crippen molar-refractivity contribution in [1.82, 2.24) is 14.5 Å². The van der Waals surface area contributed by atoms with Gasteiger partial charge in [0.15, 0.2) is 0 Å². The molecule has 0 saturated heterocycles. The minimum Gasteiger partial charge on any atom is -0.268 e. The summed E-state index contributed by atoms with van der Waals surface area (Å²) in [7, 11) is -4.05. The summed E-state index contributed by atoms with van der Waals surface area (Å²) < 4.78 is 57.1. The Bertz CT molecular complexity index is 1030. The lowest BCUT2D eigenvalue weighted by atomic mass is 10.2.